The van der Waals surface area contributed by atoms with Gasteiger partial charge in [-0.15, -0.1) is 0 Å². The highest BCUT2D eigenvalue weighted by Gasteiger charge is 2.33. The summed E-state index contributed by atoms with van der Waals surface area (Å²) in [6.45, 7) is -2.13. The Balaban J connectivity index is 1.57. The highest BCUT2D eigenvalue weighted by atomic mass is 19.4. The number of rotatable bonds is 8. The standard InChI is InChI=1S/C22H20F3NO3/c23-22(24,25)16-26(14-20-7-4-12-28-20)21(27)15-29-19-10-8-18(9-11-19)13-17-5-2-1-3-6-17/h1-12H,13-16H2. The molecule has 29 heavy (non-hydrogen) atoms. The Morgan fingerprint density at radius 3 is 2.24 bits per heavy atom. The normalized spacial score (nSPS) is 11.3. The molecule has 0 aliphatic rings. The van der Waals surface area contributed by atoms with Crippen molar-refractivity contribution in [1.82, 2.24) is 4.90 Å². The van der Waals surface area contributed by atoms with E-state index in [9.17, 15) is 18.0 Å². The molecule has 3 aromatic rings. The molecule has 0 aliphatic carbocycles. The van der Waals surface area contributed by atoms with Gasteiger partial charge in [-0.2, -0.15) is 13.2 Å². The van der Waals surface area contributed by atoms with Crippen molar-refractivity contribution >= 4 is 5.91 Å². The Hall–Kier alpha value is -3.22. The van der Waals surface area contributed by atoms with Gasteiger partial charge in [-0.3, -0.25) is 4.79 Å². The van der Waals surface area contributed by atoms with E-state index in [1.54, 1.807) is 18.2 Å². The lowest BCUT2D eigenvalue weighted by atomic mass is 10.1. The third-order valence-corrected chi connectivity index (χ3v) is 4.19. The van der Waals surface area contributed by atoms with E-state index in [1.165, 1.54) is 12.3 Å². The minimum Gasteiger partial charge on any atom is -0.484 e. The molecule has 1 heterocycles. The summed E-state index contributed by atoms with van der Waals surface area (Å²) in [5, 5.41) is 0. The van der Waals surface area contributed by atoms with Gasteiger partial charge in [0.1, 0.15) is 18.1 Å². The van der Waals surface area contributed by atoms with Gasteiger partial charge in [0.05, 0.1) is 12.8 Å². The van der Waals surface area contributed by atoms with Gasteiger partial charge in [-0.25, -0.2) is 0 Å². The van der Waals surface area contributed by atoms with Gasteiger partial charge in [0, 0.05) is 0 Å². The number of amides is 1. The Morgan fingerprint density at radius 2 is 1.62 bits per heavy atom. The summed E-state index contributed by atoms with van der Waals surface area (Å²) < 4.78 is 48.9. The predicted octanol–water partition coefficient (Wildman–Crippen LogP) is 4.84. The first-order valence-corrected chi connectivity index (χ1v) is 9.01. The molecular formula is C22H20F3NO3. The average molecular weight is 403 g/mol. The summed E-state index contributed by atoms with van der Waals surface area (Å²) in [4.78, 5) is 13.0. The zero-order chi connectivity index (χ0) is 20.7. The summed E-state index contributed by atoms with van der Waals surface area (Å²) in [6, 6.07) is 20.1. The number of halogens is 3. The molecule has 2 aromatic carbocycles. The van der Waals surface area contributed by atoms with Gasteiger partial charge >= 0.3 is 6.18 Å². The molecule has 0 saturated carbocycles. The second-order valence-electron chi connectivity index (χ2n) is 6.54. The van der Waals surface area contributed by atoms with Crippen LogP contribution in [0.5, 0.6) is 5.75 Å². The number of furan rings is 1. The van der Waals surface area contributed by atoms with Crippen LogP contribution in [0.15, 0.2) is 77.4 Å². The van der Waals surface area contributed by atoms with Gasteiger partial charge in [-0.1, -0.05) is 42.5 Å². The zero-order valence-corrected chi connectivity index (χ0v) is 15.6. The molecule has 1 amide bonds. The SMILES string of the molecule is O=C(COc1ccc(Cc2ccccc2)cc1)N(Cc1ccco1)CC(F)(F)F. The molecule has 7 heteroatoms. The number of benzene rings is 2. The van der Waals surface area contributed by atoms with Gasteiger partial charge in [-0.05, 0) is 41.8 Å². The lowest BCUT2D eigenvalue weighted by molar-refractivity contribution is -0.164. The highest BCUT2D eigenvalue weighted by molar-refractivity contribution is 5.77. The number of carbonyl (C=O) groups is 1. The van der Waals surface area contributed by atoms with Crippen LogP contribution in [-0.4, -0.2) is 30.1 Å². The molecule has 0 N–H and O–H groups in total. The van der Waals surface area contributed by atoms with E-state index in [0.29, 0.717) is 10.6 Å². The van der Waals surface area contributed by atoms with Crippen molar-refractivity contribution in [2.24, 2.45) is 0 Å². The molecule has 0 bridgehead atoms. The maximum atomic E-state index is 12.8. The first kappa shape index (κ1) is 20.5. The van der Waals surface area contributed by atoms with E-state index in [-0.39, 0.29) is 12.3 Å². The van der Waals surface area contributed by atoms with Crippen LogP contribution >= 0.6 is 0 Å². The summed E-state index contributed by atoms with van der Waals surface area (Å²) in [7, 11) is 0. The number of nitrogens with zero attached hydrogens (tertiary/aromatic N) is 1. The second-order valence-corrected chi connectivity index (χ2v) is 6.54. The van der Waals surface area contributed by atoms with Crippen LogP contribution in [0.25, 0.3) is 0 Å². The van der Waals surface area contributed by atoms with Crippen molar-refractivity contribution in [3.8, 4) is 5.75 Å². The van der Waals surface area contributed by atoms with Gasteiger partial charge in [0.15, 0.2) is 6.61 Å². The summed E-state index contributed by atoms with van der Waals surface area (Å²) in [5.41, 5.74) is 2.23. The molecule has 0 fully saturated rings. The van der Waals surface area contributed by atoms with Crippen molar-refractivity contribution in [3.63, 3.8) is 0 Å². The van der Waals surface area contributed by atoms with E-state index in [1.807, 2.05) is 42.5 Å². The Labute approximate surface area is 166 Å². The van der Waals surface area contributed by atoms with Gasteiger partial charge in [0.25, 0.3) is 5.91 Å². The molecule has 0 saturated heterocycles. The summed E-state index contributed by atoms with van der Waals surface area (Å²) in [5.74, 6) is -0.0833. The molecule has 4 nitrogen and oxygen atoms in total. The van der Waals surface area contributed by atoms with Crippen LogP contribution in [0.4, 0.5) is 13.2 Å². The van der Waals surface area contributed by atoms with Crippen LogP contribution in [0.2, 0.25) is 0 Å². The number of hydrogen-bond acceptors (Lipinski definition) is 3. The van der Waals surface area contributed by atoms with Crippen molar-refractivity contribution in [2.45, 2.75) is 19.1 Å². The summed E-state index contributed by atoms with van der Waals surface area (Å²) >= 11 is 0. The largest absolute Gasteiger partial charge is 0.484 e. The van der Waals surface area contributed by atoms with E-state index in [4.69, 9.17) is 9.15 Å². The first-order chi connectivity index (χ1) is 13.9. The van der Waals surface area contributed by atoms with Crippen molar-refractivity contribution in [3.05, 3.63) is 89.9 Å². The maximum absolute atomic E-state index is 12.8. The third kappa shape index (κ3) is 6.71. The number of alkyl halides is 3. The van der Waals surface area contributed by atoms with Gasteiger partial charge < -0.3 is 14.1 Å². The zero-order valence-electron chi connectivity index (χ0n) is 15.6. The average Bonchev–Trinajstić information content (AvgIpc) is 3.19. The molecule has 0 radical (unpaired) electrons. The van der Waals surface area contributed by atoms with Crippen LogP contribution < -0.4 is 4.74 Å². The molecular weight excluding hydrogens is 383 g/mol. The van der Waals surface area contributed by atoms with Gasteiger partial charge in [0.2, 0.25) is 0 Å². The Morgan fingerprint density at radius 1 is 0.931 bits per heavy atom. The highest BCUT2D eigenvalue weighted by Crippen LogP contribution is 2.20. The Kier molecular flexibility index (Phi) is 6.59. The van der Waals surface area contributed by atoms with Crippen LogP contribution in [0.1, 0.15) is 16.9 Å². The number of carbonyl (C=O) groups excluding carboxylic acids is 1. The monoisotopic (exact) mass is 403 g/mol. The first-order valence-electron chi connectivity index (χ1n) is 9.01. The molecule has 3 rings (SSSR count). The predicted molar refractivity (Wildman–Crippen MR) is 101 cm³/mol. The fourth-order valence-electron chi connectivity index (χ4n) is 2.81. The fourth-order valence-corrected chi connectivity index (χ4v) is 2.81. The van der Waals surface area contributed by atoms with Crippen LogP contribution in [0.3, 0.4) is 0 Å². The maximum Gasteiger partial charge on any atom is 0.406 e. The van der Waals surface area contributed by atoms with E-state index >= 15 is 0 Å². The minimum absolute atomic E-state index is 0.271. The molecule has 1 aromatic heterocycles. The van der Waals surface area contributed by atoms with Crippen molar-refractivity contribution < 1.29 is 27.1 Å². The van der Waals surface area contributed by atoms with Crippen LogP contribution in [-0.2, 0) is 17.8 Å². The molecule has 0 spiro atoms. The van der Waals surface area contributed by atoms with E-state index in [2.05, 4.69) is 0 Å². The van der Waals surface area contributed by atoms with Crippen molar-refractivity contribution in [2.75, 3.05) is 13.2 Å². The molecule has 0 atom stereocenters. The Bertz CT molecular complexity index is 891. The lowest BCUT2D eigenvalue weighted by Crippen LogP contribution is -2.40. The molecule has 0 aliphatic heterocycles. The third-order valence-electron chi connectivity index (χ3n) is 4.19. The summed E-state index contributed by atoms with van der Waals surface area (Å²) in [6.07, 6.45) is -2.41. The number of hydrogen-bond donors (Lipinski definition) is 0. The minimum atomic E-state index is -4.51. The molecule has 0 unspecified atom stereocenters. The second kappa shape index (κ2) is 9.32. The van der Waals surface area contributed by atoms with Crippen LogP contribution in [0, 0.1) is 0 Å². The lowest BCUT2D eigenvalue weighted by Gasteiger charge is -2.23. The van der Waals surface area contributed by atoms with E-state index < -0.39 is 25.2 Å². The van der Waals surface area contributed by atoms with Crippen molar-refractivity contribution in [1.29, 1.82) is 0 Å². The molecule has 152 valence electrons. The topological polar surface area (TPSA) is 42.7 Å². The van der Waals surface area contributed by atoms with E-state index in [0.717, 1.165) is 17.5 Å². The number of ether oxygens (including phenoxy) is 1. The fraction of sp³-hybridized carbons (Fsp3) is 0.227. The smallest absolute Gasteiger partial charge is 0.406 e. The quantitative estimate of drug-likeness (QED) is 0.541.